The SMILES string of the molecule is CC(C)(C)OC(=O)COc1ccc(C(C=O)OCC(=O)OC(C)(C)C)cc1[N+](=O)[O-]. The second-order valence-corrected chi connectivity index (χ2v) is 8.31. The van der Waals surface area contributed by atoms with Crippen LogP contribution in [-0.4, -0.2) is 47.6 Å². The molecule has 0 saturated carbocycles. The van der Waals surface area contributed by atoms with Crippen LogP contribution in [0.4, 0.5) is 5.69 Å². The average molecular weight is 425 g/mol. The third-order valence-corrected chi connectivity index (χ3v) is 3.20. The first-order valence-corrected chi connectivity index (χ1v) is 9.13. The van der Waals surface area contributed by atoms with Gasteiger partial charge in [0.05, 0.1) is 4.92 Å². The molecule has 1 rings (SSSR count). The Morgan fingerprint density at radius 2 is 1.57 bits per heavy atom. The standard InChI is InChI=1S/C20H27NO9/c1-19(2,3)29-17(23)11-27-15-8-7-13(9-14(15)21(25)26)16(10-22)28-12-18(24)30-20(4,5)6/h7-10,16H,11-12H2,1-6H3. The van der Waals surface area contributed by atoms with Gasteiger partial charge in [0.2, 0.25) is 0 Å². The van der Waals surface area contributed by atoms with Crippen molar-refractivity contribution in [1.82, 2.24) is 0 Å². The van der Waals surface area contributed by atoms with Crippen molar-refractivity contribution in [2.24, 2.45) is 0 Å². The number of hydrogen-bond acceptors (Lipinski definition) is 9. The predicted octanol–water partition coefficient (Wildman–Crippen LogP) is 2.91. The number of nitro groups is 1. The molecule has 0 N–H and O–H groups in total. The molecule has 1 unspecified atom stereocenters. The van der Waals surface area contributed by atoms with E-state index in [1.807, 2.05) is 0 Å². The molecule has 30 heavy (non-hydrogen) atoms. The molecule has 0 radical (unpaired) electrons. The molecule has 0 spiro atoms. The maximum Gasteiger partial charge on any atom is 0.344 e. The molecule has 1 aromatic carbocycles. The van der Waals surface area contributed by atoms with Gasteiger partial charge in [-0.3, -0.25) is 10.1 Å². The van der Waals surface area contributed by atoms with E-state index in [-0.39, 0.29) is 11.3 Å². The Morgan fingerprint density at radius 1 is 1.03 bits per heavy atom. The zero-order valence-electron chi connectivity index (χ0n) is 17.9. The van der Waals surface area contributed by atoms with Crippen molar-refractivity contribution in [1.29, 1.82) is 0 Å². The van der Waals surface area contributed by atoms with Crippen LogP contribution in [0.2, 0.25) is 0 Å². The maximum atomic E-state index is 11.8. The topological polar surface area (TPSA) is 131 Å². The molecule has 10 nitrogen and oxygen atoms in total. The van der Waals surface area contributed by atoms with Gasteiger partial charge in [-0.1, -0.05) is 6.07 Å². The lowest BCUT2D eigenvalue weighted by Crippen LogP contribution is -2.27. The Hall–Kier alpha value is -3.01. The van der Waals surface area contributed by atoms with Gasteiger partial charge in [-0.25, -0.2) is 9.59 Å². The Labute approximate surface area is 174 Å². The second kappa shape index (κ2) is 10.1. The number of nitrogens with zero attached hydrogens (tertiary/aromatic N) is 1. The van der Waals surface area contributed by atoms with Gasteiger partial charge in [0.25, 0.3) is 0 Å². The quantitative estimate of drug-likeness (QED) is 0.253. The Balaban J connectivity index is 2.90. The van der Waals surface area contributed by atoms with Crippen LogP contribution >= 0.6 is 0 Å². The monoisotopic (exact) mass is 425 g/mol. The third kappa shape index (κ3) is 8.99. The molecule has 0 aliphatic heterocycles. The van der Waals surface area contributed by atoms with Gasteiger partial charge in [0.1, 0.15) is 23.9 Å². The summed E-state index contributed by atoms with van der Waals surface area (Å²) in [6, 6.07) is 3.69. The van der Waals surface area contributed by atoms with E-state index in [4.69, 9.17) is 18.9 Å². The fourth-order valence-electron chi connectivity index (χ4n) is 2.23. The Kier molecular flexibility index (Phi) is 8.47. The minimum atomic E-state index is -1.23. The fourth-order valence-corrected chi connectivity index (χ4v) is 2.23. The predicted molar refractivity (Wildman–Crippen MR) is 105 cm³/mol. The molecule has 1 atom stereocenters. The fraction of sp³-hybridized carbons (Fsp3) is 0.550. The molecule has 0 heterocycles. The smallest absolute Gasteiger partial charge is 0.344 e. The summed E-state index contributed by atoms with van der Waals surface area (Å²) in [6.45, 7) is 9.05. The van der Waals surface area contributed by atoms with Crippen molar-refractivity contribution in [2.75, 3.05) is 13.2 Å². The van der Waals surface area contributed by atoms with Gasteiger partial charge in [-0.15, -0.1) is 0 Å². The molecule has 0 fully saturated rings. The highest BCUT2D eigenvalue weighted by Crippen LogP contribution is 2.31. The van der Waals surface area contributed by atoms with Crippen LogP contribution in [0, 0.1) is 10.1 Å². The number of esters is 2. The zero-order chi connectivity index (χ0) is 23.1. The summed E-state index contributed by atoms with van der Waals surface area (Å²) in [5.74, 6) is -1.54. The van der Waals surface area contributed by atoms with Crippen LogP contribution in [0.15, 0.2) is 18.2 Å². The second-order valence-electron chi connectivity index (χ2n) is 8.31. The van der Waals surface area contributed by atoms with Crippen molar-refractivity contribution >= 4 is 23.9 Å². The minimum absolute atomic E-state index is 0.143. The van der Waals surface area contributed by atoms with Gasteiger partial charge in [-0.2, -0.15) is 0 Å². The van der Waals surface area contributed by atoms with Crippen molar-refractivity contribution < 1.29 is 38.3 Å². The molecule has 10 heteroatoms. The first kappa shape index (κ1) is 25.0. The highest BCUT2D eigenvalue weighted by atomic mass is 16.6. The molecule has 0 bridgehead atoms. The maximum absolute atomic E-state index is 11.8. The van der Waals surface area contributed by atoms with E-state index in [0.717, 1.165) is 6.07 Å². The van der Waals surface area contributed by atoms with Crippen LogP contribution in [-0.2, 0) is 28.6 Å². The number of carbonyl (C=O) groups excluding carboxylic acids is 3. The summed E-state index contributed by atoms with van der Waals surface area (Å²) in [6.07, 6.45) is -0.818. The van der Waals surface area contributed by atoms with Gasteiger partial charge >= 0.3 is 17.6 Å². The van der Waals surface area contributed by atoms with Crippen LogP contribution in [0.1, 0.15) is 53.2 Å². The molecule has 0 aliphatic rings. The van der Waals surface area contributed by atoms with E-state index in [1.54, 1.807) is 41.5 Å². The molecule has 0 saturated heterocycles. The summed E-state index contributed by atoms with van der Waals surface area (Å²) >= 11 is 0. The number of hydrogen-bond donors (Lipinski definition) is 0. The van der Waals surface area contributed by atoms with E-state index >= 15 is 0 Å². The van der Waals surface area contributed by atoms with E-state index in [1.165, 1.54) is 12.1 Å². The number of rotatable bonds is 9. The zero-order valence-corrected chi connectivity index (χ0v) is 17.9. The average Bonchev–Trinajstić information content (AvgIpc) is 2.57. The lowest BCUT2D eigenvalue weighted by molar-refractivity contribution is -0.385. The van der Waals surface area contributed by atoms with Crippen LogP contribution in [0.5, 0.6) is 5.75 Å². The van der Waals surface area contributed by atoms with Gasteiger partial charge in [0.15, 0.2) is 18.6 Å². The number of carbonyl (C=O) groups is 3. The molecular weight excluding hydrogens is 398 g/mol. The van der Waals surface area contributed by atoms with Crippen molar-refractivity contribution in [3.8, 4) is 5.75 Å². The molecule has 166 valence electrons. The summed E-state index contributed by atoms with van der Waals surface area (Å²) < 4.78 is 20.6. The first-order valence-electron chi connectivity index (χ1n) is 9.13. The first-order chi connectivity index (χ1) is 13.7. The molecule has 1 aromatic rings. The molecule has 0 aliphatic carbocycles. The van der Waals surface area contributed by atoms with Crippen LogP contribution in [0.25, 0.3) is 0 Å². The van der Waals surface area contributed by atoms with Crippen LogP contribution < -0.4 is 4.74 Å². The van der Waals surface area contributed by atoms with E-state index in [2.05, 4.69) is 0 Å². The highest BCUT2D eigenvalue weighted by Gasteiger charge is 2.24. The number of ether oxygens (including phenoxy) is 4. The van der Waals surface area contributed by atoms with Gasteiger partial charge < -0.3 is 23.7 Å². The summed E-state index contributed by atoms with van der Waals surface area (Å²) in [7, 11) is 0. The van der Waals surface area contributed by atoms with E-state index < -0.39 is 53.1 Å². The van der Waals surface area contributed by atoms with Gasteiger partial charge in [-0.05, 0) is 53.2 Å². The number of aldehydes is 1. The van der Waals surface area contributed by atoms with E-state index in [0.29, 0.717) is 6.29 Å². The third-order valence-electron chi connectivity index (χ3n) is 3.20. The molecule has 0 aromatic heterocycles. The Morgan fingerprint density at radius 3 is 2.03 bits per heavy atom. The summed E-state index contributed by atoms with van der Waals surface area (Å²) in [5.41, 5.74) is -1.77. The van der Waals surface area contributed by atoms with Crippen molar-refractivity contribution in [3.05, 3.63) is 33.9 Å². The molecular formula is C20H27NO9. The normalized spacial score (nSPS) is 12.6. The largest absolute Gasteiger partial charge is 0.475 e. The van der Waals surface area contributed by atoms with Gasteiger partial charge in [0, 0.05) is 6.07 Å². The highest BCUT2D eigenvalue weighted by molar-refractivity contribution is 5.72. The van der Waals surface area contributed by atoms with Crippen LogP contribution in [0.3, 0.4) is 0 Å². The number of nitro benzene ring substituents is 1. The van der Waals surface area contributed by atoms with E-state index in [9.17, 15) is 24.5 Å². The van der Waals surface area contributed by atoms with Crippen molar-refractivity contribution in [2.45, 2.75) is 58.8 Å². The molecule has 0 amide bonds. The Bertz CT molecular complexity index is 790. The summed E-state index contributed by atoms with van der Waals surface area (Å²) in [5, 5.41) is 11.4. The minimum Gasteiger partial charge on any atom is -0.475 e. The van der Waals surface area contributed by atoms with Crippen molar-refractivity contribution in [3.63, 3.8) is 0 Å². The number of benzene rings is 1. The summed E-state index contributed by atoms with van der Waals surface area (Å²) in [4.78, 5) is 45.6. The lowest BCUT2D eigenvalue weighted by atomic mass is 10.1. The lowest BCUT2D eigenvalue weighted by Gasteiger charge is -2.20.